The second-order valence-electron chi connectivity index (χ2n) is 23.8. The van der Waals surface area contributed by atoms with E-state index in [9.17, 15) is 14.4 Å². The number of hydrogen-bond donors (Lipinski definition) is 0. The quantitative estimate of drug-likeness (QED) is 0.0261. The van der Waals surface area contributed by atoms with Crippen LogP contribution >= 0.6 is 0 Å². The fraction of sp³-hybridized carbons (Fsp3) is 0.753. The Morgan fingerprint density at radius 3 is 0.795 bits per heavy atom. The van der Waals surface area contributed by atoms with Gasteiger partial charge in [-0.2, -0.15) is 0 Å². The van der Waals surface area contributed by atoms with E-state index in [4.69, 9.17) is 14.2 Å². The van der Waals surface area contributed by atoms with Crippen LogP contribution in [-0.2, 0) is 28.6 Å². The van der Waals surface area contributed by atoms with Gasteiger partial charge in [0.25, 0.3) is 0 Å². The van der Waals surface area contributed by atoms with Crippen molar-refractivity contribution in [2.75, 3.05) is 13.2 Å². The summed E-state index contributed by atoms with van der Waals surface area (Å²) in [6, 6.07) is 0. The van der Waals surface area contributed by atoms with Crippen LogP contribution in [0.25, 0.3) is 0 Å². The number of ether oxygens (including phenoxy) is 3. The summed E-state index contributed by atoms with van der Waals surface area (Å²) in [5.74, 6) is -0.880. The maximum atomic E-state index is 12.9. The molecule has 0 bridgehead atoms. The van der Waals surface area contributed by atoms with E-state index in [1.54, 1.807) is 0 Å². The van der Waals surface area contributed by atoms with E-state index in [2.05, 4.69) is 118 Å². The Morgan fingerprint density at radius 2 is 0.494 bits per heavy atom. The van der Waals surface area contributed by atoms with Crippen molar-refractivity contribution in [1.29, 1.82) is 0 Å². The summed E-state index contributed by atoms with van der Waals surface area (Å²) in [5, 5.41) is 0. The summed E-state index contributed by atoms with van der Waals surface area (Å²) in [7, 11) is 0. The Bertz CT molecular complexity index is 1610. The minimum absolute atomic E-state index is 0.0801. The Kier molecular flexibility index (Phi) is 67.7. The zero-order valence-electron chi connectivity index (χ0n) is 54.9. The Labute approximate surface area is 515 Å². The van der Waals surface area contributed by atoms with Crippen LogP contribution in [0.4, 0.5) is 0 Å². The predicted octanol–water partition coefficient (Wildman–Crippen LogP) is 24.8. The van der Waals surface area contributed by atoms with Gasteiger partial charge in [0.15, 0.2) is 6.10 Å². The third-order valence-corrected chi connectivity index (χ3v) is 15.6. The van der Waals surface area contributed by atoms with E-state index in [-0.39, 0.29) is 31.1 Å². The van der Waals surface area contributed by atoms with Crippen LogP contribution in [0.1, 0.15) is 355 Å². The van der Waals surface area contributed by atoms with Crippen molar-refractivity contribution in [3.05, 3.63) is 97.2 Å². The normalized spacial score (nSPS) is 12.7. The molecule has 0 aromatic carbocycles. The first-order valence-electron chi connectivity index (χ1n) is 35.7. The largest absolute Gasteiger partial charge is 0.462 e. The lowest BCUT2D eigenvalue weighted by Gasteiger charge is -2.18. The van der Waals surface area contributed by atoms with Crippen molar-refractivity contribution in [1.82, 2.24) is 0 Å². The maximum Gasteiger partial charge on any atom is 0.306 e. The number of unbranched alkanes of at least 4 members (excludes halogenated alkanes) is 38. The monoisotopic (exact) mass is 1160 g/mol. The fourth-order valence-electron chi connectivity index (χ4n) is 10.3. The van der Waals surface area contributed by atoms with Gasteiger partial charge in [0.1, 0.15) is 13.2 Å². The molecule has 6 heteroatoms. The summed E-state index contributed by atoms with van der Waals surface area (Å²) < 4.78 is 16.9. The van der Waals surface area contributed by atoms with E-state index in [1.807, 2.05) is 0 Å². The molecular formula is C77H134O6. The first-order chi connectivity index (χ1) is 41.0. The van der Waals surface area contributed by atoms with Crippen LogP contribution in [0, 0.1) is 0 Å². The minimum Gasteiger partial charge on any atom is -0.462 e. The van der Waals surface area contributed by atoms with Gasteiger partial charge in [-0.25, -0.2) is 0 Å². The summed E-state index contributed by atoms with van der Waals surface area (Å²) in [6.45, 7) is 6.50. The highest BCUT2D eigenvalue weighted by atomic mass is 16.6. The summed E-state index contributed by atoms with van der Waals surface area (Å²) in [6.07, 6.45) is 95.9. The van der Waals surface area contributed by atoms with E-state index in [1.165, 1.54) is 193 Å². The minimum atomic E-state index is -0.783. The molecule has 1 unspecified atom stereocenters. The van der Waals surface area contributed by atoms with Crippen molar-refractivity contribution < 1.29 is 28.6 Å². The molecule has 6 nitrogen and oxygen atoms in total. The molecule has 0 fully saturated rings. The molecule has 0 rings (SSSR count). The lowest BCUT2D eigenvalue weighted by molar-refractivity contribution is -0.167. The molecule has 0 aliphatic heterocycles. The zero-order valence-corrected chi connectivity index (χ0v) is 54.9. The Balaban J connectivity index is 4.19. The van der Waals surface area contributed by atoms with Crippen molar-refractivity contribution in [3.8, 4) is 0 Å². The number of esters is 3. The van der Waals surface area contributed by atoms with Crippen molar-refractivity contribution >= 4 is 17.9 Å². The molecule has 83 heavy (non-hydrogen) atoms. The van der Waals surface area contributed by atoms with Crippen LogP contribution in [-0.4, -0.2) is 37.2 Å². The molecule has 0 saturated carbocycles. The van der Waals surface area contributed by atoms with Crippen LogP contribution in [0.15, 0.2) is 97.2 Å². The second-order valence-corrected chi connectivity index (χ2v) is 23.8. The average Bonchev–Trinajstić information content (AvgIpc) is 3.48. The second kappa shape index (κ2) is 70.8. The molecule has 0 aliphatic rings. The average molecular weight is 1160 g/mol. The maximum absolute atomic E-state index is 12.9. The van der Waals surface area contributed by atoms with E-state index >= 15 is 0 Å². The van der Waals surface area contributed by atoms with Crippen LogP contribution in [0.3, 0.4) is 0 Å². The molecule has 0 N–H and O–H groups in total. The number of carbonyl (C=O) groups excluding carboxylic acids is 3. The Morgan fingerprint density at radius 1 is 0.253 bits per heavy atom. The standard InChI is InChI=1S/C77H134O6/c1-4-7-10-13-16-19-22-24-26-28-30-32-34-36-37-38-39-40-41-42-44-45-47-49-51-53-55-58-61-64-67-70-76(79)82-73-74(72-81-75(78)69-66-63-60-57-21-18-15-12-9-6-3)83-77(80)71-68-65-62-59-56-54-52-50-48-46-43-35-33-31-29-27-25-23-20-17-14-11-8-5-2/h7,10,12,15-16,19,24,26,30,32,36-37,39-40,42,44,74H,4-6,8-9,11,13-14,17-18,20-23,25,27-29,31,33-35,38,41,43,45-73H2,1-3H3/b10-7-,15-12-,19-16-,26-24-,32-30-,37-36-,40-39-,44-42-. The lowest BCUT2D eigenvalue weighted by Crippen LogP contribution is -2.30. The molecule has 1 atom stereocenters. The third kappa shape index (κ3) is 69.0. The summed E-state index contributed by atoms with van der Waals surface area (Å²) in [5.41, 5.74) is 0. The summed E-state index contributed by atoms with van der Waals surface area (Å²) in [4.78, 5) is 38.3. The van der Waals surface area contributed by atoms with Gasteiger partial charge in [-0.3, -0.25) is 14.4 Å². The van der Waals surface area contributed by atoms with Gasteiger partial charge < -0.3 is 14.2 Å². The van der Waals surface area contributed by atoms with Crippen molar-refractivity contribution in [3.63, 3.8) is 0 Å². The number of allylic oxidation sites excluding steroid dienone is 16. The van der Waals surface area contributed by atoms with E-state index in [0.29, 0.717) is 19.3 Å². The molecule has 0 aromatic rings. The van der Waals surface area contributed by atoms with Gasteiger partial charge in [-0.1, -0.05) is 336 Å². The highest BCUT2D eigenvalue weighted by Gasteiger charge is 2.19. The van der Waals surface area contributed by atoms with E-state index in [0.717, 1.165) is 122 Å². The fourth-order valence-corrected chi connectivity index (χ4v) is 10.3. The van der Waals surface area contributed by atoms with Gasteiger partial charge >= 0.3 is 17.9 Å². The van der Waals surface area contributed by atoms with Gasteiger partial charge in [0, 0.05) is 19.3 Å². The van der Waals surface area contributed by atoms with Crippen LogP contribution in [0.2, 0.25) is 0 Å². The highest BCUT2D eigenvalue weighted by molar-refractivity contribution is 5.71. The van der Waals surface area contributed by atoms with Crippen molar-refractivity contribution in [2.24, 2.45) is 0 Å². The van der Waals surface area contributed by atoms with Crippen LogP contribution < -0.4 is 0 Å². The molecule has 0 heterocycles. The Hall–Kier alpha value is -3.67. The van der Waals surface area contributed by atoms with Gasteiger partial charge in [0.2, 0.25) is 0 Å². The van der Waals surface area contributed by atoms with E-state index < -0.39 is 6.10 Å². The zero-order chi connectivity index (χ0) is 59.9. The molecule has 0 radical (unpaired) electrons. The highest BCUT2D eigenvalue weighted by Crippen LogP contribution is 2.18. The molecule has 0 aromatic heterocycles. The van der Waals surface area contributed by atoms with Crippen molar-refractivity contribution in [2.45, 2.75) is 361 Å². The lowest BCUT2D eigenvalue weighted by atomic mass is 10.0. The third-order valence-electron chi connectivity index (χ3n) is 15.6. The molecule has 0 aliphatic carbocycles. The molecule has 0 saturated heterocycles. The number of rotatable bonds is 65. The number of carbonyl (C=O) groups is 3. The smallest absolute Gasteiger partial charge is 0.306 e. The van der Waals surface area contributed by atoms with Gasteiger partial charge in [-0.15, -0.1) is 0 Å². The van der Waals surface area contributed by atoms with Gasteiger partial charge in [0.05, 0.1) is 0 Å². The molecular weight excluding hydrogens is 1020 g/mol. The molecule has 478 valence electrons. The van der Waals surface area contributed by atoms with Gasteiger partial charge in [-0.05, 0) is 96.3 Å². The molecule has 0 spiro atoms. The summed E-state index contributed by atoms with van der Waals surface area (Å²) >= 11 is 0. The topological polar surface area (TPSA) is 78.9 Å². The van der Waals surface area contributed by atoms with Crippen LogP contribution in [0.5, 0.6) is 0 Å². The first kappa shape index (κ1) is 79.3. The SMILES string of the molecule is CC/C=C\C/C=C\C/C=C\C/C=C\C/C=C\C/C=C\C/C=C\CCCCCCCCCCCC(=O)OCC(COC(=O)CCCCCCC/C=C\CCC)OC(=O)CCCCCCCCCCCCCCCCCCCCCCCCCC. The molecule has 0 amide bonds. The first-order valence-corrected chi connectivity index (χ1v) is 35.7. The number of hydrogen-bond acceptors (Lipinski definition) is 6. The predicted molar refractivity (Wildman–Crippen MR) is 362 cm³/mol.